The molecule has 1 N–H and O–H groups in total. The average Bonchev–Trinajstić information content (AvgIpc) is 3.13. The monoisotopic (exact) mass is 498 g/mol. The number of amides is 1. The van der Waals surface area contributed by atoms with Crippen LogP contribution < -0.4 is 4.74 Å². The quantitative estimate of drug-likeness (QED) is 0.251. The van der Waals surface area contributed by atoms with Gasteiger partial charge in [0.25, 0.3) is 11.7 Å². The van der Waals surface area contributed by atoms with Crippen LogP contribution >= 0.6 is 0 Å². The average molecular weight is 499 g/mol. The van der Waals surface area contributed by atoms with Crippen LogP contribution in [0.15, 0.2) is 72.4 Å². The van der Waals surface area contributed by atoms with Crippen LogP contribution in [0.3, 0.4) is 0 Å². The Bertz CT molecular complexity index is 1340. The number of aromatic nitrogens is 1. The van der Waals surface area contributed by atoms with Gasteiger partial charge in [0.1, 0.15) is 11.5 Å². The third-order valence-corrected chi connectivity index (χ3v) is 6.80. The summed E-state index contributed by atoms with van der Waals surface area (Å²) in [6, 6.07) is 17.9. The third kappa shape index (κ3) is 5.15. The Labute approximate surface area is 218 Å². The number of aliphatic hydroxyl groups is 1. The number of ether oxygens (including phenoxy) is 1. The number of carbonyl (C=O) groups is 2. The second-order valence-electron chi connectivity index (χ2n) is 10.7. The van der Waals surface area contributed by atoms with E-state index in [0.717, 1.165) is 16.7 Å². The van der Waals surface area contributed by atoms with E-state index < -0.39 is 17.7 Å². The molecule has 0 aliphatic carbocycles. The Hall–Kier alpha value is -3.93. The summed E-state index contributed by atoms with van der Waals surface area (Å²) < 4.78 is 5.54. The molecule has 2 heterocycles. The first-order valence-corrected chi connectivity index (χ1v) is 12.5. The number of carbonyl (C=O) groups excluding carboxylic acids is 2. The number of aliphatic hydroxyl groups excluding tert-OH is 1. The molecule has 1 fully saturated rings. The number of nitrogens with zero attached hydrogens (tertiary/aromatic N) is 2. The topological polar surface area (TPSA) is 79.7 Å². The standard InChI is InChI=1S/C31H34N2O4/c1-19(2)20-10-12-21(13-11-20)27-26(29(35)30(36)33(27)18-23-9-7-8-16-32-23)28(34)22-14-15-25(37-6)24(17-22)31(3,4)5/h7-17,19,27,34H,18H2,1-6H3/b28-26-. The van der Waals surface area contributed by atoms with E-state index in [0.29, 0.717) is 22.9 Å². The van der Waals surface area contributed by atoms with Crippen molar-refractivity contribution in [2.24, 2.45) is 0 Å². The minimum absolute atomic E-state index is 0.0725. The van der Waals surface area contributed by atoms with Gasteiger partial charge in [-0.05, 0) is 52.8 Å². The molecule has 6 heteroatoms. The minimum atomic E-state index is -0.747. The SMILES string of the molecule is COc1ccc(/C(O)=C2/C(=O)C(=O)N(Cc3ccccn3)C2c2ccc(C(C)C)cc2)cc1C(C)(C)C. The first-order valence-electron chi connectivity index (χ1n) is 12.5. The number of benzene rings is 2. The van der Waals surface area contributed by atoms with Crippen LogP contribution in [0.5, 0.6) is 5.75 Å². The third-order valence-electron chi connectivity index (χ3n) is 6.80. The van der Waals surface area contributed by atoms with Crippen molar-refractivity contribution in [3.8, 4) is 5.75 Å². The van der Waals surface area contributed by atoms with Crippen molar-refractivity contribution in [2.45, 2.75) is 58.5 Å². The van der Waals surface area contributed by atoms with Crippen molar-refractivity contribution < 1.29 is 19.4 Å². The summed E-state index contributed by atoms with van der Waals surface area (Å²) >= 11 is 0. The molecule has 2 aromatic carbocycles. The summed E-state index contributed by atoms with van der Waals surface area (Å²) in [7, 11) is 1.61. The predicted octanol–water partition coefficient (Wildman–Crippen LogP) is 6.13. The van der Waals surface area contributed by atoms with E-state index in [2.05, 4.69) is 39.6 Å². The summed E-state index contributed by atoms with van der Waals surface area (Å²) in [6.07, 6.45) is 1.66. The zero-order chi connectivity index (χ0) is 26.9. The number of hydrogen-bond acceptors (Lipinski definition) is 5. The fraction of sp³-hybridized carbons (Fsp3) is 0.323. The Morgan fingerprint density at radius 3 is 2.32 bits per heavy atom. The van der Waals surface area contributed by atoms with Crippen molar-refractivity contribution in [3.63, 3.8) is 0 Å². The van der Waals surface area contributed by atoms with E-state index in [1.165, 1.54) is 4.90 Å². The summed E-state index contributed by atoms with van der Waals surface area (Å²) in [6.45, 7) is 10.5. The molecule has 1 amide bonds. The van der Waals surface area contributed by atoms with Gasteiger partial charge < -0.3 is 14.7 Å². The fourth-order valence-corrected chi connectivity index (χ4v) is 4.72. The number of methoxy groups -OCH3 is 1. The summed E-state index contributed by atoms with van der Waals surface area (Å²) in [4.78, 5) is 32.6. The van der Waals surface area contributed by atoms with Gasteiger partial charge >= 0.3 is 0 Å². The van der Waals surface area contributed by atoms with Gasteiger partial charge in [-0.1, -0.05) is 65.0 Å². The van der Waals surface area contributed by atoms with Gasteiger partial charge in [-0.2, -0.15) is 0 Å². The van der Waals surface area contributed by atoms with Gasteiger partial charge in [0.05, 0.1) is 31.0 Å². The molecule has 37 heavy (non-hydrogen) atoms. The lowest BCUT2D eigenvalue weighted by atomic mass is 9.84. The first-order chi connectivity index (χ1) is 17.5. The molecule has 1 aliphatic rings. The molecule has 0 bridgehead atoms. The summed E-state index contributed by atoms with van der Waals surface area (Å²) in [5.41, 5.74) is 3.72. The predicted molar refractivity (Wildman–Crippen MR) is 144 cm³/mol. The molecule has 4 rings (SSSR count). The van der Waals surface area contributed by atoms with Crippen LogP contribution in [0.1, 0.15) is 74.5 Å². The lowest BCUT2D eigenvalue weighted by molar-refractivity contribution is -0.140. The highest BCUT2D eigenvalue weighted by Crippen LogP contribution is 2.41. The lowest BCUT2D eigenvalue weighted by Crippen LogP contribution is -2.29. The first kappa shape index (κ1) is 26.1. The summed E-state index contributed by atoms with van der Waals surface area (Å²) in [5, 5.41) is 11.5. The molecule has 1 unspecified atom stereocenters. The molecule has 192 valence electrons. The number of likely N-dealkylation sites (tertiary alicyclic amines) is 1. The van der Waals surface area contributed by atoms with Crippen LogP contribution in [-0.2, 0) is 21.5 Å². The smallest absolute Gasteiger partial charge is 0.296 e. The number of Topliss-reactive ketones (excluding diaryl/α,β-unsaturated/α-hetero) is 1. The molecule has 6 nitrogen and oxygen atoms in total. The highest BCUT2D eigenvalue weighted by atomic mass is 16.5. The molecular formula is C31H34N2O4. The fourth-order valence-electron chi connectivity index (χ4n) is 4.72. The molecule has 1 saturated heterocycles. The van der Waals surface area contributed by atoms with Crippen molar-refractivity contribution in [3.05, 3.63) is 100 Å². The zero-order valence-electron chi connectivity index (χ0n) is 22.3. The largest absolute Gasteiger partial charge is 0.507 e. The number of pyridine rings is 1. The van der Waals surface area contributed by atoms with E-state index in [1.807, 2.05) is 42.5 Å². The second-order valence-corrected chi connectivity index (χ2v) is 10.7. The molecule has 0 saturated carbocycles. The van der Waals surface area contributed by atoms with Gasteiger partial charge in [-0.15, -0.1) is 0 Å². The minimum Gasteiger partial charge on any atom is -0.507 e. The van der Waals surface area contributed by atoms with Crippen molar-refractivity contribution in [2.75, 3.05) is 7.11 Å². The maximum absolute atomic E-state index is 13.4. The van der Waals surface area contributed by atoms with Gasteiger partial charge in [-0.3, -0.25) is 14.6 Å². The molecule has 1 aromatic heterocycles. The van der Waals surface area contributed by atoms with Crippen LogP contribution in [0.2, 0.25) is 0 Å². The highest BCUT2D eigenvalue weighted by molar-refractivity contribution is 6.46. The number of ketones is 1. The van der Waals surface area contributed by atoms with Crippen molar-refractivity contribution in [1.29, 1.82) is 0 Å². The Kier molecular flexibility index (Phi) is 7.21. The molecule has 1 aliphatic heterocycles. The van der Waals surface area contributed by atoms with E-state index in [1.54, 1.807) is 31.5 Å². The van der Waals surface area contributed by atoms with Gasteiger partial charge in [-0.25, -0.2) is 0 Å². The Morgan fingerprint density at radius 1 is 1.05 bits per heavy atom. The Balaban J connectivity index is 1.89. The van der Waals surface area contributed by atoms with Crippen molar-refractivity contribution >= 4 is 17.4 Å². The maximum atomic E-state index is 13.4. The van der Waals surface area contributed by atoms with E-state index in [9.17, 15) is 14.7 Å². The van der Waals surface area contributed by atoms with Gasteiger partial charge in [0, 0.05) is 17.3 Å². The lowest BCUT2D eigenvalue weighted by Gasteiger charge is -2.26. The summed E-state index contributed by atoms with van der Waals surface area (Å²) in [5.74, 6) is -0.535. The maximum Gasteiger partial charge on any atom is 0.296 e. The normalized spacial score (nSPS) is 17.5. The second kappa shape index (κ2) is 10.2. The van der Waals surface area contributed by atoms with Crippen LogP contribution in [-0.4, -0.2) is 33.8 Å². The molecular weight excluding hydrogens is 464 g/mol. The molecule has 0 radical (unpaired) electrons. The van der Waals surface area contributed by atoms with E-state index in [4.69, 9.17) is 4.74 Å². The van der Waals surface area contributed by atoms with Crippen LogP contribution in [0.4, 0.5) is 0 Å². The van der Waals surface area contributed by atoms with Crippen molar-refractivity contribution in [1.82, 2.24) is 9.88 Å². The number of rotatable bonds is 6. The molecule has 1 atom stereocenters. The highest BCUT2D eigenvalue weighted by Gasteiger charge is 2.46. The molecule has 3 aromatic rings. The molecule has 0 spiro atoms. The van der Waals surface area contributed by atoms with E-state index in [-0.39, 0.29) is 23.3 Å². The van der Waals surface area contributed by atoms with E-state index >= 15 is 0 Å². The zero-order valence-corrected chi connectivity index (χ0v) is 22.3. The van der Waals surface area contributed by atoms with Gasteiger partial charge in [0.15, 0.2) is 0 Å². The van der Waals surface area contributed by atoms with Gasteiger partial charge in [0.2, 0.25) is 0 Å². The Morgan fingerprint density at radius 2 is 1.76 bits per heavy atom. The van der Waals surface area contributed by atoms with Crippen LogP contribution in [0.25, 0.3) is 5.76 Å². The number of hydrogen-bond donors (Lipinski definition) is 1. The van der Waals surface area contributed by atoms with Crippen LogP contribution in [0, 0.1) is 0 Å².